The van der Waals surface area contributed by atoms with Gasteiger partial charge in [0, 0.05) is 19.5 Å². The van der Waals surface area contributed by atoms with Crippen molar-refractivity contribution in [3.63, 3.8) is 0 Å². The molecule has 0 aromatic carbocycles. The molecule has 0 amide bonds. The molecule has 0 aliphatic rings. The van der Waals surface area contributed by atoms with Crippen molar-refractivity contribution in [2.45, 2.75) is 18.9 Å². The fraction of sp³-hybridized carbons (Fsp3) is 0.778. The number of hydrogen-bond donors (Lipinski definition) is 1. The number of carbonyl (C=O) groups is 1. The van der Waals surface area contributed by atoms with E-state index in [9.17, 15) is 9.90 Å². The van der Waals surface area contributed by atoms with Gasteiger partial charge >= 0.3 is 5.97 Å². The van der Waals surface area contributed by atoms with Crippen LogP contribution in [0.3, 0.4) is 0 Å². The van der Waals surface area contributed by atoms with E-state index >= 15 is 0 Å². The zero-order chi connectivity index (χ0) is 11.2. The summed E-state index contributed by atoms with van der Waals surface area (Å²) in [6.45, 7) is 2.06. The monoisotopic (exact) mass is 200 g/mol. The number of rotatable bonds is 5. The van der Waals surface area contributed by atoms with Crippen LogP contribution in [0.15, 0.2) is 0 Å². The predicted octanol–water partition coefficient (Wildman–Crippen LogP) is -0.244. The molecule has 1 unspecified atom stereocenters. The number of nitriles is 1. The number of carbonyl (C=O) groups excluding carboxylic acids is 1. The summed E-state index contributed by atoms with van der Waals surface area (Å²) < 4.78 is 4.44. The van der Waals surface area contributed by atoms with Crippen molar-refractivity contribution in [3.05, 3.63) is 0 Å². The van der Waals surface area contributed by atoms with Crippen LogP contribution in [0, 0.1) is 11.3 Å². The molecule has 14 heavy (non-hydrogen) atoms. The van der Waals surface area contributed by atoms with Crippen molar-refractivity contribution < 1.29 is 14.6 Å². The molecule has 0 aliphatic heterocycles. The molecular weight excluding hydrogens is 184 g/mol. The standard InChI is InChI=1S/C9H16N2O3/c1-9(13,8(12)14-3)7-11(2)6-4-5-10/h13H,4,6-7H2,1-3H3. The Morgan fingerprint density at radius 1 is 1.71 bits per heavy atom. The van der Waals surface area contributed by atoms with Crippen LogP contribution in [0.5, 0.6) is 0 Å². The molecule has 0 spiro atoms. The lowest BCUT2D eigenvalue weighted by molar-refractivity contribution is -0.161. The van der Waals surface area contributed by atoms with Gasteiger partial charge in [0.1, 0.15) is 0 Å². The Bertz CT molecular complexity index is 233. The van der Waals surface area contributed by atoms with Crippen molar-refractivity contribution in [3.8, 4) is 6.07 Å². The first kappa shape index (κ1) is 12.9. The third-order valence-electron chi connectivity index (χ3n) is 1.81. The number of hydrogen-bond acceptors (Lipinski definition) is 5. The normalized spacial score (nSPS) is 14.6. The first-order valence-electron chi connectivity index (χ1n) is 4.30. The topological polar surface area (TPSA) is 73.6 Å². The number of nitrogens with zero attached hydrogens (tertiary/aromatic N) is 2. The van der Waals surface area contributed by atoms with E-state index in [1.807, 2.05) is 6.07 Å². The number of esters is 1. The van der Waals surface area contributed by atoms with Crippen LogP contribution in [0.1, 0.15) is 13.3 Å². The van der Waals surface area contributed by atoms with Crippen LogP contribution < -0.4 is 0 Å². The minimum Gasteiger partial charge on any atom is -0.467 e. The Morgan fingerprint density at radius 2 is 2.29 bits per heavy atom. The summed E-state index contributed by atoms with van der Waals surface area (Å²) in [6, 6.07) is 1.99. The molecule has 0 heterocycles. The van der Waals surface area contributed by atoms with Crippen LogP contribution in [0.2, 0.25) is 0 Å². The van der Waals surface area contributed by atoms with E-state index < -0.39 is 11.6 Å². The largest absolute Gasteiger partial charge is 0.467 e. The summed E-state index contributed by atoms with van der Waals surface area (Å²) >= 11 is 0. The van der Waals surface area contributed by atoms with E-state index in [-0.39, 0.29) is 6.54 Å². The highest BCUT2D eigenvalue weighted by Gasteiger charge is 2.32. The molecule has 80 valence electrons. The summed E-state index contributed by atoms with van der Waals surface area (Å²) in [5.74, 6) is -0.665. The van der Waals surface area contributed by atoms with Crippen molar-refractivity contribution in [2.24, 2.45) is 0 Å². The SMILES string of the molecule is COC(=O)C(C)(O)CN(C)CCC#N. The van der Waals surface area contributed by atoms with Gasteiger partial charge < -0.3 is 14.7 Å². The van der Waals surface area contributed by atoms with E-state index in [2.05, 4.69) is 4.74 Å². The fourth-order valence-corrected chi connectivity index (χ4v) is 1.13. The maximum atomic E-state index is 11.1. The van der Waals surface area contributed by atoms with Gasteiger partial charge in [0.2, 0.25) is 0 Å². The molecule has 0 rings (SSSR count). The number of aliphatic hydroxyl groups is 1. The molecule has 0 aliphatic carbocycles. The maximum absolute atomic E-state index is 11.1. The molecular formula is C9H16N2O3. The minimum absolute atomic E-state index is 0.154. The first-order valence-corrected chi connectivity index (χ1v) is 4.30. The van der Waals surface area contributed by atoms with Crippen LogP contribution in [-0.4, -0.2) is 48.8 Å². The van der Waals surface area contributed by atoms with Gasteiger partial charge in [-0.1, -0.05) is 0 Å². The highest BCUT2D eigenvalue weighted by molar-refractivity contribution is 5.78. The van der Waals surface area contributed by atoms with E-state index in [1.54, 1.807) is 11.9 Å². The second-order valence-electron chi connectivity index (χ2n) is 3.41. The third kappa shape index (κ3) is 4.21. The summed E-state index contributed by atoms with van der Waals surface area (Å²) in [6.07, 6.45) is 0.369. The second-order valence-corrected chi connectivity index (χ2v) is 3.41. The Hall–Kier alpha value is -1.12. The summed E-state index contributed by atoms with van der Waals surface area (Å²) in [5.41, 5.74) is -1.51. The molecule has 1 N–H and O–H groups in total. The van der Waals surface area contributed by atoms with Gasteiger partial charge in [-0.05, 0) is 14.0 Å². The number of likely N-dealkylation sites (N-methyl/N-ethyl adjacent to an activating group) is 1. The smallest absolute Gasteiger partial charge is 0.338 e. The van der Waals surface area contributed by atoms with Crippen molar-refractivity contribution in [2.75, 3.05) is 27.2 Å². The average molecular weight is 200 g/mol. The van der Waals surface area contributed by atoms with Crippen LogP contribution in [0.25, 0.3) is 0 Å². The Balaban J connectivity index is 4.08. The van der Waals surface area contributed by atoms with Gasteiger partial charge in [0.05, 0.1) is 13.2 Å². The molecule has 5 heteroatoms. The Morgan fingerprint density at radius 3 is 2.71 bits per heavy atom. The average Bonchev–Trinajstić information content (AvgIpc) is 2.12. The highest BCUT2D eigenvalue weighted by atomic mass is 16.5. The van der Waals surface area contributed by atoms with Crippen molar-refractivity contribution in [1.29, 1.82) is 5.26 Å². The quantitative estimate of drug-likeness (QED) is 0.620. The molecule has 1 atom stereocenters. The van der Waals surface area contributed by atoms with Gasteiger partial charge in [0.25, 0.3) is 0 Å². The van der Waals surface area contributed by atoms with E-state index in [1.165, 1.54) is 14.0 Å². The van der Waals surface area contributed by atoms with Gasteiger partial charge in [0.15, 0.2) is 5.60 Å². The van der Waals surface area contributed by atoms with Crippen molar-refractivity contribution >= 4 is 5.97 Å². The summed E-state index contributed by atoms with van der Waals surface area (Å²) in [5, 5.41) is 18.0. The zero-order valence-corrected chi connectivity index (χ0v) is 8.78. The summed E-state index contributed by atoms with van der Waals surface area (Å²) in [7, 11) is 2.96. The number of ether oxygens (including phenoxy) is 1. The Kier molecular flexibility index (Phi) is 5.13. The lowest BCUT2D eigenvalue weighted by atomic mass is 10.1. The van der Waals surface area contributed by atoms with Crippen molar-refractivity contribution in [1.82, 2.24) is 4.90 Å². The lowest BCUT2D eigenvalue weighted by Crippen LogP contribution is -2.46. The van der Waals surface area contributed by atoms with E-state index in [0.29, 0.717) is 13.0 Å². The van der Waals surface area contributed by atoms with Gasteiger partial charge in [-0.3, -0.25) is 0 Å². The third-order valence-corrected chi connectivity index (χ3v) is 1.81. The molecule has 0 saturated heterocycles. The van der Waals surface area contributed by atoms with Gasteiger partial charge in [-0.25, -0.2) is 4.79 Å². The molecule has 0 aromatic rings. The molecule has 0 radical (unpaired) electrons. The zero-order valence-electron chi connectivity index (χ0n) is 8.78. The minimum atomic E-state index is -1.51. The summed E-state index contributed by atoms with van der Waals surface area (Å²) in [4.78, 5) is 12.8. The molecule has 0 fully saturated rings. The van der Waals surface area contributed by atoms with E-state index in [4.69, 9.17) is 5.26 Å². The highest BCUT2D eigenvalue weighted by Crippen LogP contribution is 2.07. The fourth-order valence-electron chi connectivity index (χ4n) is 1.13. The first-order chi connectivity index (χ1) is 6.44. The van der Waals surface area contributed by atoms with Gasteiger partial charge in [-0.2, -0.15) is 5.26 Å². The molecule has 0 bridgehead atoms. The predicted molar refractivity (Wildman–Crippen MR) is 50.4 cm³/mol. The second kappa shape index (κ2) is 5.58. The lowest BCUT2D eigenvalue weighted by Gasteiger charge is -2.25. The molecule has 5 nitrogen and oxygen atoms in total. The number of methoxy groups -OCH3 is 1. The maximum Gasteiger partial charge on any atom is 0.338 e. The van der Waals surface area contributed by atoms with E-state index in [0.717, 1.165) is 0 Å². The van der Waals surface area contributed by atoms with Gasteiger partial charge in [-0.15, -0.1) is 0 Å². The molecule has 0 aromatic heterocycles. The molecule has 0 saturated carbocycles. The Labute approximate surface area is 83.9 Å². The van der Waals surface area contributed by atoms with Crippen LogP contribution >= 0.6 is 0 Å². The van der Waals surface area contributed by atoms with Crippen LogP contribution in [-0.2, 0) is 9.53 Å². The van der Waals surface area contributed by atoms with Crippen LogP contribution in [0.4, 0.5) is 0 Å².